The Bertz CT molecular complexity index is 664. The summed E-state index contributed by atoms with van der Waals surface area (Å²) < 4.78 is 0. The summed E-state index contributed by atoms with van der Waals surface area (Å²) in [6, 6.07) is 9.81. The van der Waals surface area contributed by atoms with Gasteiger partial charge in [0, 0.05) is 30.7 Å². The zero-order chi connectivity index (χ0) is 18.7. The first-order chi connectivity index (χ1) is 13.1. The van der Waals surface area contributed by atoms with Gasteiger partial charge in [0.15, 0.2) is 0 Å². The second kappa shape index (κ2) is 7.98. The third-order valence-corrected chi connectivity index (χ3v) is 6.46. The average Bonchev–Trinajstić information content (AvgIpc) is 3.37. The van der Waals surface area contributed by atoms with Gasteiger partial charge in [0.25, 0.3) is 0 Å². The minimum atomic E-state index is 0.0227. The number of hydrogen-bond donors (Lipinski definition) is 3. The normalized spacial score (nSPS) is 25.1. The number of benzene rings is 1. The van der Waals surface area contributed by atoms with Crippen LogP contribution in [-0.2, 0) is 9.59 Å². The largest absolute Gasteiger partial charge is 0.353 e. The van der Waals surface area contributed by atoms with Gasteiger partial charge < -0.3 is 16.0 Å². The highest BCUT2D eigenvalue weighted by Crippen LogP contribution is 2.58. The van der Waals surface area contributed by atoms with E-state index in [1.807, 2.05) is 30.3 Å². The van der Waals surface area contributed by atoms with Crippen LogP contribution in [0.4, 0.5) is 5.69 Å². The van der Waals surface area contributed by atoms with E-state index in [1.165, 1.54) is 0 Å². The summed E-state index contributed by atoms with van der Waals surface area (Å²) in [5.41, 5.74) is 1.13. The van der Waals surface area contributed by atoms with Crippen LogP contribution in [0.5, 0.6) is 0 Å². The lowest BCUT2D eigenvalue weighted by molar-refractivity contribution is -0.124. The number of para-hydroxylation sites is 1. The smallest absolute Gasteiger partial charge is 0.238 e. The minimum Gasteiger partial charge on any atom is -0.353 e. The maximum atomic E-state index is 12.6. The molecule has 0 bridgehead atoms. The van der Waals surface area contributed by atoms with E-state index in [9.17, 15) is 9.59 Å². The molecule has 146 valence electrons. The standard InChI is InChI=1S/C21H30N4O2/c26-19(23-16-4-2-1-3-5-16)15-25-12-6-17(7-13-25)24-20(27)18-14-21(18)8-10-22-11-9-21/h1-5,17-18,22H,6-15H2,(H,23,26)(H,24,27). The van der Waals surface area contributed by atoms with E-state index < -0.39 is 0 Å². The molecule has 1 saturated carbocycles. The minimum absolute atomic E-state index is 0.0227. The monoisotopic (exact) mass is 370 g/mol. The van der Waals surface area contributed by atoms with Crippen LogP contribution in [0.25, 0.3) is 0 Å². The molecule has 0 radical (unpaired) electrons. The Kier molecular flexibility index (Phi) is 5.45. The Morgan fingerprint density at radius 2 is 1.81 bits per heavy atom. The first-order valence-electron chi connectivity index (χ1n) is 10.2. The van der Waals surface area contributed by atoms with Crippen molar-refractivity contribution >= 4 is 17.5 Å². The summed E-state index contributed by atoms with van der Waals surface area (Å²) in [6.45, 7) is 4.22. The maximum Gasteiger partial charge on any atom is 0.238 e. The lowest BCUT2D eigenvalue weighted by atomic mass is 9.91. The highest BCUT2D eigenvalue weighted by atomic mass is 16.2. The summed E-state index contributed by atoms with van der Waals surface area (Å²) in [4.78, 5) is 27.0. The Morgan fingerprint density at radius 3 is 2.52 bits per heavy atom. The van der Waals surface area contributed by atoms with Crippen molar-refractivity contribution in [3.05, 3.63) is 30.3 Å². The molecule has 6 nitrogen and oxygen atoms in total. The van der Waals surface area contributed by atoms with Crippen molar-refractivity contribution in [3.8, 4) is 0 Å². The van der Waals surface area contributed by atoms with Crippen LogP contribution in [0, 0.1) is 11.3 Å². The maximum absolute atomic E-state index is 12.6. The van der Waals surface area contributed by atoms with Crippen LogP contribution in [0.15, 0.2) is 30.3 Å². The fourth-order valence-electron chi connectivity index (χ4n) is 4.66. The second-order valence-corrected chi connectivity index (χ2v) is 8.34. The van der Waals surface area contributed by atoms with E-state index in [-0.39, 0.29) is 23.8 Å². The van der Waals surface area contributed by atoms with Gasteiger partial charge in [0.2, 0.25) is 11.8 Å². The van der Waals surface area contributed by atoms with Gasteiger partial charge in [-0.05, 0) is 62.7 Å². The quantitative estimate of drug-likeness (QED) is 0.736. The van der Waals surface area contributed by atoms with E-state index in [1.54, 1.807) is 0 Å². The molecule has 0 aromatic heterocycles. The van der Waals surface area contributed by atoms with Gasteiger partial charge in [0.1, 0.15) is 0 Å². The van der Waals surface area contributed by atoms with Crippen LogP contribution in [0.3, 0.4) is 0 Å². The summed E-state index contributed by atoms with van der Waals surface area (Å²) in [5, 5.41) is 9.60. The van der Waals surface area contributed by atoms with E-state index in [0.29, 0.717) is 12.0 Å². The van der Waals surface area contributed by atoms with E-state index in [0.717, 1.165) is 64.0 Å². The van der Waals surface area contributed by atoms with Crippen molar-refractivity contribution < 1.29 is 9.59 Å². The number of hydrogen-bond acceptors (Lipinski definition) is 4. The number of anilines is 1. The number of likely N-dealkylation sites (tertiary alicyclic amines) is 1. The van der Waals surface area contributed by atoms with Gasteiger partial charge in [-0.3, -0.25) is 14.5 Å². The summed E-state index contributed by atoms with van der Waals surface area (Å²) in [6.07, 6.45) is 5.19. The van der Waals surface area contributed by atoms with Gasteiger partial charge in [-0.2, -0.15) is 0 Å². The van der Waals surface area contributed by atoms with Crippen LogP contribution >= 0.6 is 0 Å². The van der Waals surface area contributed by atoms with Crippen molar-refractivity contribution in [2.24, 2.45) is 11.3 Å². The molecule has 3 N–H and O–H groups in total. The van der Waals surface area contributed by atoms with Crippen LogP contribution in [-0.4, -0.2) is 55.5 Å². The van der Waals surface area contributed by atoms with Crippen LogP contribution in [0.2, 0.25) is 0 Å². The van der Waals surface area contributed by atoms with Crippen molar-refractivity contribution in [3.63, 3.8) is 0 Å². The number of piperidine rings is 2. The number of carbonyl (C=O) groups is 2. The lowest BCUT2D eigenvalue weighted by Crippen LogP contribution is -2.47. The third kappa shape index (κ3) is 4.50. The van der Waals surface area contributed by atoms with Crippen molar-refractivity contribution in [1.29, 1.82) is 0 Å². The summed E-state index contributed by atoms with van der Waals surface area (Å²) in [5.74, 6) is 0.515. The zero-order valence-corrected chi connectivity index (χ0v) is 15.9. The molecular formula is C21H30N4O2. The zero-order valence-electron chi connectivity index (χ0n) is 15.9. The van der Waals surface area contributed by atoms with Gasteiger partial charge >= 0.3 is 0 Å². The fraction of sp³-hybridized carbons (Fsp3) is 0.619. The summed E-state index contributed by atoms with van der Waals surface area (Å²) in [7, 11) is 0. The molecule has 1 aromatic rings. The van der Waals surface area contributed by atoms with Crippen molar-refractivity contribution in [2.75, 3.05) is 38.0 Å². The molecule has 1 atom stereocenters. The van der Waals surface area contributed by atoms with Crippen molar-refractivity contribution in [1.82, 2.24) is 15.5 Å². The topological polar surface area (TPSA) is 73.5 Å². The van der Waals surface area contributed by atoms with E-state index >= 15 is 0 Å². The first-order valence-corrected chi connectivity index (χ1v) is 10.2. The molecule has 1 aliphatic carbocycles. The number of rotatable bonds is 5. The number of nitrogens with zero attached hydrogens (tertiary/aromatic N) is 1. The molecule has 1 unspecified atom stereocenters. The fourth-order valence-corrected chi connectivity index (χ4v) is 4.66. The SMILES string of the molecule is O=C(CN1CCC(NC(=O)C2CC23CCNCC3)CC1)Nc1ccccc1. The average molecular weight is 370 g/mol. The molecule has 3 fully saturated rings. The van der Waals surface area contributed by atoms with Gasteiger partial charge in [-0.25, -0.2) is 0 Å². The molecule has 6 heteroatoms. The van der Waals surface area contributed by atoms with E-state index in [4.69, 9.17) is 0 Å². The number of carbonyl (C=O) groups excluding carboxylic acids is 2. The second-order valence-electron chi connectivity index (χ2n) is 8.34. The van der Waals surface area contributed by atoms with Crippen molar-refractivity contribution in [2.45, 2.75) is 38.1 Å². The molecule has 1 spiro atoms. The molecule has 3 aliphatic rings. The molecule has 4 rings (SSSR count). The number of nitrogens with one attached hydrogen (secondary N) is 3. The highest BCUT2D eigenvalue weighted by molar-refractivity contribution is 5.92. The molecule has 2 saturated heterocycles. The molecule has 2 heterocycles. The van der Waals surface area contributed by atoms with Crippen LogP contribution < -0.4 is 16.0 Å². The van der Waals surface area contributed by atoms with Gasteiger partial charge in [-0.1, -0.05) is 18.2 Å². The Labute approximate surface area is 161 Å². The third-order valence-electron chi connectivity index (χ3n) is 6.46. The highest BCUT2D eigenvalue weighted by Gasteiger charge is 2.57. The van der Waals surface area contributed by atoms with E-state index in [2.05, 4.69) is 20.9 Å². The Morgan fingerprint density at radius 1 is 1.11 bits per heavy atom. The number of amides is 2. The molecule has 2 amide bonds. The Balaban J connectivity index is 1.17. The first kappa shape index (κ1) is 18.4. The molecule has 27 heavy (non-hydrogen) atoms. The predicted octanol–water partition coefficient (Wildman–Crippen LogP) is 1.60. The van der Waals surface area contributed by atoms with Gasteiger partial charge in [-0.15, -0.1) is 0 Å². The summed E-state index contributed by atoms with van der Waals surface area (Å²) >= 11 is 0. The lowest BCUT2D eigenvalue weighted by Gasteiger charge is -2.32. The molecule has 2 aliphatic heterocycles. The predicted molar refractivity (Wildman–Crippen MR) is 105 cm³/mol. The van der Waals surface area contributed by atoms with Gasteiger partial charge in [0.05, 0.1) is 6.54 Å². The Hall–Kier alpha value is -1.92. The van der Waals surface area contributed by atoms with Crippen LogP contribution in [0.1, 0.15) is 32.1 Å². The molecular weight excluding hydrogens is 340 g/mol. The molecule has 1 aromatic carbocycles.